The highest BCUT2D eigenvalue weighted by Crippen LogP contribution is 2.55. The van der Waals surface area contributed by atoms with E-state index in [1.165, 1.54) is 0 Å². The summed E-state index contributed by atoms with van der Waals surface area (Å²) in [5, 5.41) is 17.5. The molecule has 0 saturated heterocycles. The first-order valence-electron chi connectivity index (χ1n) is 9.26. The number of hydrogen-bond donors (Lipinski definition) is 2. The van der Waals surface area contributed by atoms with Crippen molar-refractivity contribution in [2.45, 2.75) is 12.3 Å². The van der Waals surface area contributed by atoms with E-state index in [1.54, 1.807) is 36.9 Å². The average molecular weight is 399 g/mol. The summed E-state index contributed by atoms with van der Waals surface area (Å²) in [6.07, 6.45) is 0. The fraction of sp³-hybridized carbons (Fsp3) is 0.136. The highest BCUT2D eigenvalue weighted by atomic mass is 16.5. The van der Waals surface area contributed by atoms with Crippen LogP contribution in [-0.4, -0.2) is 22.8 Å². The van der Waals surface area contributed by atoms with E-state index < -0.39 is 5.41 Å². The third kappa shape index (κ3) is 2.09. The zero-order chi connectivity index (χ0) is 21.0. The van der Waals surface area contributed by atoms with Gasteiger partial charge in [0.1, 0.15) is 22.8 Å². The number of nitrogens with two attached hydrogens (primary N) is 1. The Hall–Kier alpha value is -4.25. The van der Waals surface area contributed by atoms with E-state index in [4.69, 9.17) is 15.2 Å². The lowest BCUT2D eigenvalue weighted by Gasteiger charge is -2.32. The minimum Gasteiger partial charge on any atom is -0.497 e. The van der Waals surface area contributed by atoms with E-state index in [2.05, 4.69) is 16.5 Å². The van der Waals surface area contributed by atoms with Crippen molar-refractivity contribution in [3.05, 3.63) is 76.8 Å². The maximum absolute atomic E-state index is 13.5. The second kappa shape index (κ2) is 6.12. The maximum atomic E-state index is 13.5. The van der Waals surface area contributed by atoms with E-state index in [1.807, 2.05) is 30.3 Å². The maximum Gasteiger partial charge on any atom is 0.245 e. The lowest BCUT2D eigenvalue weighted by Crippen LogP contribution is -2.42. The molecule has 0 aliphatic carbocycles. The van der Waals surface area contributed by atoms with Gasteiger partial charge in [-0.25, -0.2) is 4.68 Å². The van der Waals surface area contributed by atoms with Gasteiger partial charge in [-0.2, -0.15) is 10.4 Å². The molecule has 2 aliphatic heterocycles. The number of aromatic nitrogens is 2. The molecule has 1 atom stereocenters. The van der Waals surface area contributed by atoms with E-state index in [0.29, 0.717) is 34.1 Å². The molecule has 0 fully saturated rings. The number of rotatable bonds is 2. The van der Waals surface area contributed by atoms with Crippen LogP contribution in [0.5, 0.6) is 11.6 Å². The molecule has 1 spiro atoms. The highest BCUT2D eigenvalue weighted by Gasteiger charge is 2.58. The molecule has 0 radical (unpaired) electrons. The highest BCUT2D eigenvalue weighted by molar-refractivity contribution is 6.13. The van der Waals surface area contributed by atoms with Crippen LogP contribution in [-0.2, 0) is 10.2 Å². The van der Waals surface area contributed by atoms with Gasteiger partial charge in [-0.1, -0.05) is 18.2 Å². The van der Waals surface area contributed by atoms with Gasteiger partial charge >= 0.3 is 0 Å². The van der Waals surface area contributed by atoms with Crippen LogP contribution in [0.3, 0.4) is 0 Å². The van der Waals surface area contributed by atoms with Crippen LogP contribution < -0.4 is 20.5 Å². The molecule has 5 rings (SSSR count). The number of hydrogen-bond acceptors (Lipinski definition) is 6. The standard InChI is InChI=1S/C22H17N5O3/c1-12-18-20(27(26-12)13-6-4-3-5-7-13)30-19(24)16(11-23)22(18)15-10-14(29-2)8-9-17(15)25-21(22)28/h3-10H,24H2,1-2H3,(H,25,28)/t22-/m0/s1. The monoisotopic (exact) mass is 399 g/mol. The van der Waals surface area contributed by atoms with Gasteiger partial charge in [0, 0.05) is 11.3 Å². The molecule has 3 heterocycles. The van der Waals surface area contributed by atoms with Gasteiger partial charge in [0.05, 0.1) is 24.1 Å². The molecule has 2 aliphatic rings. The number of nitrogens with one attached hydrogen (secondary N) is 1. The van der Waals surface area contributed by atoms with Crippen molar-refractivity contribution in [1.29, 1.82) is 5.26 Å². The number of anilines is 1. The number of nitrogens with zero attached hydrogens (tertiary/aromatic N) is 3. The Bertz CT molecular complexity index is 1290. The van der Waals surface area contributed by atoms with Crippen LogP contribution in [0.15, 0.2) is 60.0 Å². The Morgan fingerprint density at radius 1 is 1.27 bits per heavy atom. The second-order valence-electron chi connectivity index (χ2n) is 7.08. The van der Waals surface area contributed by atoms with Crippen LogP contribution in [0.4, 0.5) is 5.69 Å². The smallest absolute Gasteiger partial charge is 0.245 e. The predicted molar refractivity (Wildman–Crippen MR) is 108 cm³/mol. The molecule has 0 saturated carbocycles. The predicted octanol–water partition coefficient (Wildman–Crippen LogP) is 2.51. The molecule has 1 aromatic heterocycles. The summed E-state index contributed by atoms with van der Waals surface area (Å²) in [6.45, 7) is 1.78. The third-order valence-electron chi connectivity index (χ3n) is 5.55. The summed E-state index contributed by atoms with van der Waals surface area (Å²) in [5.74, 6) is 0.348. The zero-order valence-corrected chi connectivity index (χ0v) is 16.3. The van der Waals surface area contributed by atoms with Crippen LogP contribution in [0.1, 0.15) is 16.8 Å². The molecule has 148 valence electrons. The molecule has 0 bridgehead atoms. The molecule has 1 amide bonds. The van der Waals surface area contributed by atoms with E-state index in [-0.39, 0.29) is 17.4 Å². The summed E-state index contributed by atoms with van der Waals surface area (Å²) in [5.41, 5.74) is 7.68. The fourth-order valence-corrected chi connectivity index (χ4v) is 4.28. The van der Waals surface area contributed by atoms with Crippen molar-refractivity contribution in [1.82, 2.24) is 9.78 Å². The van der Waals surface area contributed by atoms with Crippen molar-refractivity contribution >= 4 is 11.6 Å². The lowest BCUT2D eigenvalue weighted by atomic mass is 9.69. The molecule has 8 heteroatoms. The summed E-state index contributed by atoms with van der Waals surface area (Å²) < 4.78 is 12.8. The Balaban J connectivity index is 1.89. The van der Waals surface area contributed by atoms with Crippen molar-refractivity contribution < 1.29 is 14.3 Å². The topological polar surface area (TPSA) is 115 Å². The fourth-order valence-electron chi connectivity index (χ4n) is 4.28. The van der Waals surface area contributed by atoms with Crippen LogP contribution >= 0.6 is 0 Å². The Morgan fingerprint density at radius 2 is 2.03 bits per heavy atom. The quantitative estimate of drug-likeness (QED) is 0.684. The van der Waals surface area contributed by atoms with Gasteiger partial charge in [-0.05, 0) is 37.3 Å². The Labute approximate surface area is 172 Å². The molecule has 3 aromatic rings. The normalized spacial score (nSPS) is 19.0. The van der Waals surface area contributed by atoms with E-state index in [0.717, 1.165) is 5.69 Å². The number of aryl methyl sites for hydroxylation is 1. The number of methoxy groups -OCH3 is 1. The molecule has 30 heavy (non-hydrogen) atoms. The molecule has 8 nitrogen and oxygen atoms in total. The minimum absolute atomic E-state index is 0.0233. The van der Waals surface area contributed by atoms with Gasteiger partial charge in [-0.15, -0.1) is 0 Å². The van der Waals surface area contributed by atoms with Crippen LogP contribution in [0, 0.1) is 18.3 Å². The second-order valence-corrected chi connectivity index (χ2v) is 7.08. The van der Waals surface area contributed by atoms with E-state index >= 15 is 0 Å². The largest absolute Gasteiger partial charge is 0.497 e. The minimum atomic E-state index is -1.48. The number of nitriles is 1. The number of amides is 1. The number of fused-ring (bicyclic) bond motifs is 4. The van der Waals surface area contributed by atoms with Gasteiger partial charge < -0.3 is 20.5 Å². The lowest BCUT2D eigenvalue weighted by molar-refractivity contribution is -0.118. The van der Waals surface area contributed by atoms with Crippen molar-refractivity contribution in [2.24, 2.45) is 5.73 Å². The first-order valence-corrected chi connectivity index (χ1v) is 9.26. The summed E-state index contributed by atoms with van der Waals surface area (Å²) >= 11 is 0. The summed E-state index contributed by atoms with van der Waals surface area (Å²) in [6, 6.07) is 16.7. The number of ether oxygens (including phenoxy) is 2. The number of benzene rings is 2. The van der Waals surface area contributed by atoms with Crippen LogP contribution in [0.25, 0.3) is 5.69 Å². The average Bonchev–Trinajstić information content (AvgIpc) is 3.23. The SMILES string of the molecule is COc1ccc2c(c1)[C@]1(C(=O)N2)C(C#N)=C(N)Oc2c1c(C)nn2-c1ccccc1. The van der Waals surface area contributed by atoms with Crippen molar-refractivity contribution in [2.75, 3.05) is 12.4 Å². The first-order chi connectivity index (χ1) is 14.5. The van der Waals surface area contributed by atoms with Gasteiger partial charge in [0.25, 0.3) is 0 Å². The molecular weight excluding hydrogens is 382 g/mol. The Kier molecular flexibility index (Phi) is 3.64. The molecule has 2 aromatic carbocycles. The van der Waals surface area contributed by atoms with Crippen LogP contribution in [0.2, 0.25) is 0 Å². The first kappa shape index (κ1) is 17.8. The summed E-state index contributed by atoms with van der Waals surface area (Å²) in [4.78, 5) is 13.5. The number of para-hydroxylation sites is 1. The molecule has 3 N–H and O–H groups in total. The van der Waals surface area contributed by atoms with Gasteiger partial charge in [0.15, 0.2) is 0 Å². The molecule has 0 unspecified atom stereocenters. The zero-order valence-electron chi connectivity index (χ0n) is 16.3. The van der Waals surface area contributed by atoms with Crippen molar-refractivity contribution in [3.63, 3.8) is 0 Å². The number of carbonyl (C=O) groups excluding carboxylic acids is 1. The Morgan fingerprint density at radius 3 is 2.73 bits per heavy atom. The number of carbonyl (C=O) groups is 1. The third-order valence-corrected chi connectivity index (χ3v) is 5.55. The van der Waals surface area contributed by atoms with Gasteiger partial charge in [0.2, 0.25) is 17.7 Å². The molecular formula is C22H17N5O3. The van der Waals surface area contributed by atoms with Gasteiger partial charge in [-0.3, -0.25) is 4.79 Å². The van der Waals surface area contributed by atoms with Crippen molar-refractivity contribution in [3.8, 4) is 23.4 Å². The summed E-state index contributed by atoms with van der Waals surface area (Å²) in [7, 11) is 1.54. The van der Waals surface area contributed by atoms with E-state index in [9.17, 15) is 10.1 Å².